The molecule has 0 saturated carbocycles. The highest BCUT2D eigenvalue weighted by Gasteiger charge is 2.18. The van der Waals surface area contributed by atoms with Gasteiger partial charge in [0.1, 0.15) is 12.4 Å². The van der Waals surface area contributed by atoms with Crippen LogP contribution in [0.2, 0.25) is 0 Å². The Morgan fingerprint density at radius 1 is 0.826 bits per heavy atom. The molecule has 0 atom stereocenters. The Hall–Kier alpha value is -1.57. The summed E-state index contributed by atoms with van der Waals surface area (Å²) in [7, 11) is 0. The van der Waals surface area contributed by atoms with E-state index < -0.39 is 0 Å². The van der Waals surface area contributed by atoms with E-state index in [1.54, 1.807) is 0 Å². The van der Waals surface area contributed by atoms with E-state index in [0.717, 1.165) is 13.1 Å². The van der Waals surface area contributed by atoms with Crippen molar-refractivity contribution in [3.05, 3.63) is 42.7 Å². The van der Waals surface area contributed by atoms with Crippen molar-refractivity contribution >= 4 is 0 Å². The van der Waals surface area contributed by atoms with Crippen LogP contribution in [0.1, 0.15) is 65.2 Å². The minimum atomic E-state index is 1.13. The van der Waals surface area contributed by atoms with E-state index in [-0.39, 0.29) is 0 Å². The molecule has 0 radical (unpaired) electrons. The topological polar surface area (TPSA) is 8.81 Å². The average Bonchev–Trinajstić information content (AvgIpc) is 2.99. The standard InChI is InChI=1S/C21H33N2/c1-3-5-7-12-16-22-18-19-23(17-13-8-6-4-2)21(22)20-14-10-9-11-15-20/h9-11,14-15,18-19H,3-8,12-13,16-17H2,1-2H3/q+1. The molecule has 126 valence electrons. The lowest BCUT2D eigenvalue weighted by molar-refractivity contribution is -0.686. The van der Waals surface area contributed by atoms with Gasteiger partial charge in [0, 0.05) is 0 Å². The van der Waals surface area contributed by atoms with Gasteiger partial charge in [-0.1, -0.05) is 57.7 Å². The van der Waals surface area contributed by atoms with Crippen molar-refractivity contribution in [3.63, 3.8) is 0 Å². The minimum absolute atomic E-state index is 1.13. The van der Waals surface area contributed by atoms with E-state index in [1.165, 1.54) is 62.8 Å². The fraction of sp³-hybridized carbons (Fsp3) is 0.571. The van der Waals surface area contributed by atoms with E-state index in [1.807, 2.05) is 0 Å². The summed E-state index contributed by atoms with van der Waals surface area (Å²) in [5.74, 6) is 1.37. The lowest BCUT2D eigenvalue weighted by atomic mass is 10.1. The number of aromatic nitrogens is 2. The number of rotatable bonds is 11. The van der Waals surface area contributed by atoms with Crippen molar-refractivity contribution in [3.8, 4) is 11.4 Å². The molecule has 0 N–H and O–H groups in total. The van der Waals surface area contributed by atoms with E-state index in [2.05, 4.69) is 65.7 Å². The van der Waals surface area contributed by atoms with Crippen molar-refractivity contribution in [2.24, 2.45) is 0 Å². The summed E-state index contributed by atoms with van der Waals surface area (Å²) in [4.78, 5) is 0. The van der Waals surface area contributed by atoms with Gasteiger partial charge in [-0.3, -0.25) is 0 Å². The molecule has 1 aromatic carbocycles. The van der Waals surface area contributed by atoms with Gasteiger partial charge in [-0.2, -0.15) is 0 Å². The molecule has 2 aromatic rings. The Balaban J connectivity index is 2.10. The van der Waals surface area contributed by atoms with Crippen molar-refractivity contribution < 1.29 is 4.57 Å². The molecule has 0 saturated heterocycles. The maximum Gasteiger partial charge on any atom is 0.288 e. The molecule has 0 fully saturated rings. The van der Waals surface area contributed by atoms with E-state index >= 15 is 0 Å². The molecule has 0 aliphatic heterocycles. The number of nitrogens with zero attached hydrogens (tertiary/aromatic N) is 2. The molecule has 0 aliphatic rings. The van der Waals surface area contributed by atoms with Crippen LogP contribution in [0.25, 0.3) is 11.4 Å². The molecular formula is C21H33N2+. The van der Waals surface area contributed by atoms with Gasteiger partial charge in [0.25, 0.3) is 5.82 Å². The highest BCUT2D eigenvalue weighted by atomic mass is 15.1. The normalized spacial score (nSPS) is 11.0. The Labute approximate surface area is 142 Å². The first-order valence-corrected chi connectivity index (χ1v) is 9.50. The van der Waals surface area contributed by atoms with Crippen LogP contribution in [0.5, 0.6) is 0 Å². The quantitative estimate of drug-likeness (QED) is 0.377. The summed E-state index contributed by atoms with van der Waals surface area (Å²) in [6.07, 6.45) is 15.1. The highest BCUT2D eigenvalue weighted by Crippen LogP contribution is 2.17. The van der Waals surface area contributed by atoms with Crippen molar-refractivity contribution in [2.45, 2.75) is 78.3 Å². The Bertz CT molecular complexity index is 513. The first-order valence-electron chi connectivity index (χ1n) is 9.50. The van der Waals surface area contributed by atoms with Crippen LogP contribution < -0.4 is 4.57 Å². The predicted octanol–water partition coefficient (Wildman–Crippen LogP) is 5.60. The van der Waals surface area contributed by atoms with Crippen molar-refractivity contribution in [1.82, 2.24) is 4.57 Å². The summed E-state index contributed by atoms with van der Waals surface area (Å²) in [6.45, 7) is 6.81. The van der Waals surface area contributed by atoms with Gasteiger partial charge in [-0.05, 0) is 37.8 Å². The number of aryl methyl sites for hydroxylation is 2. The Kier molecular flexibility index (Phi) is 7.92. The van der Waals surface area contributed by atoms with Crippen LogP contribution in [-0.2, 0) is 13.1 Å². The number of unbranched alkanes of at least 4 members (excludes halogenated alkanes) is 6. The molecule has 1 aromatic heterocycles. The maximum absolute atomic E-state index is 2.45. The third-order valence-electron chi connectivity index (χ3n) is 4.51. The molecule has 23 heavy (non-hydrogen) atoms. The maximum atomic E-state index is 2.45. The van der Waals surface area contributed by atoms with Crippen LogP contribution in [-0.4, -0.2) is 4.57 Å². The van der Waals surface area contributed by atoms with E-state index in [0.29, 0.717) is 0 Å². The highest BCUT2D eigenvalue weighted by molar-refractivity contribution is 5.52. The van der Waals surface area contributed by atoms with Gasteiger partial charge in [0.2, 0.25) is 0 Å². The number of benzene rings is 1. The number of hydrogen-bond acceptors (Lipinski definition) is 0. The van der Waals surface area contributed by atoms with Gasteiger partial charge in [0.15, 0.2) is 0 Å². The average molecular weight is 314 g/mol. The largest absolute Gasteiger partial charge is 0.288 e. The van der Waals surface area contributed by atoms with Gasteiger partial charge < -0.3 is 0 Å². The SMILES string of the molecule is CCCCCCn1cc[n+](CCCCCC)c1-c1ccccc1. The van der Waals surface area contributed by atoms with Crippen LogP contribution in [0.3, 0.4) is 0 Å². The van der Waals surface area contributed by atoms with Gasteiger partial charge in [-0.25, -0.2) is 9.13 Å². The molecule has 0 aliphatic carbocycles. The first-order chi connectivity index (χ1) is 11.4. The molecule has 0 spiro atoms. The number of imidazole rings is 1. The second-order valence-electron chi connectivity index (χ2n) is 6.50. The van der Waals surface area contributed by atoms with E-state index in [4.69, 9.17) is 0 Å². The zero-order valence-electron chi connectivity index (χ0n) is 15.0. The second-order valence-corrected chi connectivity index (χ2v) is 6.50. The smallest absolute Gasteiger partial charge is 0.230 e. The third-order valence-corrected chi connectivity index (χ3v) is 4.51. The number of hydrogen-bond donors (Lipinski definition) is 0. The van der Waals surface area contributed by atoms with Crippen molar-refractivity contribution in [2.75, 3.05) is 0 Å². The molecule has 0 bridgehead atoms. The predicted molar refractivity (Wildman–Crippen MR) is 98.3 cm³/mol. The van der Waals surface area contributed by atoms with Crippen LogP contribution in [0.15, 0.2) is 42.7 Å². The molecule has 2 rings (SSSR count). The summed E-state index contributed by atoms with van der Waals surface area (Å²) < 4.78 is 4.90. The van der Waals surface area contributed by atoms with Crippen LogP contribution in [0.4, 0.5) is 0 Å². The lowest BCUT2D eigenvalue weighted by Gasteiger charge is -2.06. The zero-order chi connectivity index (χ0) is 16.3. The van der Waals surface area contributed by atoms with Gasteiger partial charge in [0.05, 0.1) is 18.7 Å². The lowest BCUT2D eigenvalue weighted by Crippen LogP contribution is -2.34. The van der Waals surface area contributed by atoms with E-state index in [9.17, 15) is 0 Å². The van der Waals surface area contributed by atoms with Gasteiger partial charge >= 0.3 is 0 Å². The molecule has 0 amide bonds. The summed E-state index contributed by atoms with van der Waals surface area (Å²) in [5.41, 5.74) is 1.34. The molecule has 0 unspecified atom stereocenters. The summed E-state index contributed by atoms with van der Waals surface area (Å²) >= 11 is 0. The summed E-state index contributed by atoms with van der Waals surface area (Å²) in [6, 6.07) is 10.9. The monoisotopic (exact) mass is 313 g/mol. The van der Waals surface area contributed by atoms with Crippen molar-refractivity contribution in [1.29, 1.82) is 0 Å². The Morgan fingerprint density at radius 2 is 1.52 bits per heavy atom. The zero-order valence-corrected chi connectivity index (χ0v) is 15.0. The van der Waals surface area contributed by atoms with Crippen LogP contribution in [0, 0.1) is 0 Å². The second kappa shape index (κ2) is 10.3. The fourth-order valence-electron chi connectivity index (χ4n) is 3.16. The third kappa shape index (κ3) is 5.53. The first kappa shape index (κ1) is 17.8. The van der Waals surface area contributed by atoms with Gasteiger partial charge in [-0.15, -0.1) is 0 Å². The molecular weight excluding hydrogens is 280 g/mol. The Morgan fingerprint density at radius 3 is 2.22 bits per heavy atom. The molecule has 2 heteroatoms. The van der Waals surface area contributed by atoms with Crippen LogP contribution >= 0.6 is 0 Å². The summed E-state index contributed by atoms with van der Waals surface area (Å²) in [5, 5.41) is 0. The molecule has 1 heterocycles. The minimum Gasteiger partial charge on any atom is -0.230 e. The molecule has 2 nitrogen and oxygen atoms in total. The fourth-order valence-corrected chi connectivity index (χ4v) is 3.16.